The van der Waals surface area contributed by atoms with Crippen LogP contribution in [-0.2, 0) is 9.53 Å². The molecule has 0 radical (unpaired) electrons. The van der Waals surface area contributed by atoms with Gasteiger partial charge in [0.1, 0.15) is 18.5 Å². The minimum atomic E-state index is -0.0209. The molecule has 1 heterocycles. The highest BCUT2D eigenvalue weighted by molar-refractivity contribution is 5.49. The van der Waals surface area contributed by atoms with Crippen molar-refractivity contribution >= 4 is 6.29 Å². The monoisotopic (exact) mass is 214 g/mol. The molecule has 0 saturated carbocycles. The molecule has 1 rings (SSSR count). The molecule has 0 aromatic rings. The van der Waals surface area contributed by atoms with Crippen LogP contribution in [0.3, 0.4) is 0 Å². The predicted octanol–water partition coefficient (Wildman–Crippen LogP) is 1.87. The van der Waals surface area contributed by atoms with Crippen molar-refractivity contribution in [3.05, 3.63) is 24.3 Å². The van der Waals surface area contributed by atoms with Gasteiger partial charge in [-0.1, -0.05) is 30.1 Å². The molecule has 82 valence electrons. The largest absolute Gasteiger partial charge is 0.351 e. The molecule has 0 aliphatic carbocycles. The third-order valence-corrected chi connectivity index (χ3v) is 1.90. The van der Waals surface area contributed by atoms with Gasteiger partial charge in [-0.2, -0.15) is 0 Å². The van der Waals surface area contributed by atoms with Gasteiger partial charge in [-0.25, -0.2) is 0 Å². The third kappa shape index (κ3) is 5.20. The Bertz CT molecular complexity index is 396. The topological polar surface area (TPSA) is 29.6 Å². The molecule has 1 saturated heterocycles. The fraction of sp³-hybridized carbons (Fsp3) is 0.357. The van der Waals surface area contributed by atoms with Crippen molar-refractivity contribution in [3.63, 3.8) is 0 Å². The number of aldehydes is 1. The molecule has 0 aromatic heterocycles. The Morgan fingerprint density at radius 3 is 2.94 bits per heavy atom. The SMILES string of the molecule is C/C=C/C#CC#C[C@@H]1O[C@H]1/C=C/CCC=O. The van der Waals surface area contributed by atoms with Gasteiger partial charge in [0.05, 0.1) is 0 Å². The standard InChI is InChI=1S/C14H14O2/c1-2-3-4-5-7-10-13-14(16-13)11-8-6-9-12-15/h2-3,8,11-14H,6,9H2,1H3/b3-2+,11-8+/t13-,14-/m0/s1. The summed E-state index contributed by atoms with van der Waals surface area (Å²) >= 11 is 0. The molecule has 16 heavy (non-hydrogen) atoms. The number of hydrogen-bond acceptors (Lipinski definition) is 2. The summed E-state index contributed by atoms with van der Waals surface area (Å²) in [5.41, 5.74) is 0. The zero-order chi connectivity index (χ0) is 11.6. The van der Waals surface area contributed by atoms with E-state index in [-0.39, 0.29) is 12.2 Å². The molecule has 2 heteroatoms. The Labute approximate surface area is 96.4 Å². The number of unbranched alkanes of at least 4 members (excludes halogenated alkanes) is 1. The maximum Gasteiger partial charge on any atom is 0.149 e. The molecule has 0 amide bonds. The Morgan fingerprint density at radius 2 is 2.19 bits per heavy atom. The van der Waals surface area contributed by atoms with Gasteiger partial charge in [-0.15, -0.1) is 0 Å². The van der Waals surface area contributed by atoms with Gasteiger partial charge in [-0.3, -0.25) is 0 Å². The summed E-state index contributed by atoms with van der Waals surface area (Å²) in [5, 5.41) is 0. The summed E-state index contributed by atoms with van der Waals surface area (Å²) in [6.45, 7) is 1.91. The summed E-state index contributed by atoms with van der Waals surface area (Å²) in [6.07, 6.45) is 9.81. The smallest absolute Gasteiger partial charge is 0.149 e. The molecule has 1 aliphatic rings. The number of allylic oxidation sites excluding steroid dienone is 3. The number of rotatable bonds is 4. The van der Waals surface area contributed by atoms with Crippen LogP contribution in [0.15, 0.2) is 24.3 Å². The van der Waals surface area contributed by atoms with Crippen LogP contribution in [0.4, 0.5) is 0 Å². The maximum absolute atomic E-state index is 10.0. The normalized spacial score (nSPS) is 22.3. The van der Waals surface area contributed by atoms with Crippen molar-refractivity contribution in [2.75, 3.05) is 0 Å². The van der Waals surface area contributed by atoms with Crippen molar-refractivity contribution in [3.8, 4) is 23.7 Å². The van der Waals surface area contributed by atoms with Crippen LogP contribution < -0.4 is 0 Å². The molecule has 1 fully saturated rings. The van der Waals surface area contributed by atoms with Crippen LogP contribution in [0.5, 0.6) is 0 Å². The van der Waals surface area contributed by atoms with Crippen LogP contribution in [-0.4, -0.2) is 18.5 Å². The van der Waals surface area contributed by atoms with E-state index in [2.05, 4.69) is 23.7 Å². The van der Waals surface area contributed by atoms with Crippen LogP contribution in [0.1, 0.15) is 19.8 Å². The average Bonchev–Trinajstić information content (AvgIpc) is 3.03. The average molecular weight is 214 g/mol. The molecular formula is C14H14O2. The zero-order valence-electron chi connectivity index (χ0n) is 9.27. The molecule has 2 atom stereocenters. The van der Waals surface area contributed by atoms with Gasteiger partial charge in [0.25, 0.3) is 0 Å². The van der Waals surface area contributed by atoms with Crippen molar-refractivity contribution in [2.24, 2.45) is 0 Å². The number of carbonyl (C=O) groups is 1. The predicted molar refractivity (Wildman–Crippen MR) is 63.5 cm³/mol. The molecular weight excluding hydrogens is 200 g/mol. The summed E-state index contributed by atoms with van der Waals surface area (Å²) in [7, 11) is 0. The first-order valence-electron chi connectivity index (χ1n) is 5.26. The summed E-state index contributed by atoms with van der Waals surface area (Å²) in [6, 6.07) is 0. The minimum absolute atomic E-state index is 0.0209. The molecule has 1 aliphatic heterocycles. The van der Waals surface area contributed by atoms with E-state index in [1.807, 2.05) is 25.2 Å². The van der Waals surface area contributed by atoms with Crippen molar-refractivity contribution in [1.82, 2.24) is 0 Å². The number of hydrogen-bond donors (Lipinski definition) is 0. The van der Waals surface area contributed by atoms with Gasteiger partial charge in [0.2, 0.25) is 0 Å². The second-order valence-corrected chi connectivity index (χ2v) is 3.23. The van der Waals surface area contributed by atoms with Gasteiger partial charge < -0.3 is 9.53 Å². The second-order valence-electron chi connectivity index (χ2n) is 3.23. The van der Waals surface area contributed by atoms with Gasteiger partial charge in [-0.05, 0) is 31.3 Å². The van der Waals surface area contributed by atoms with Crippen LogP contribution in [0.25, 0.3) is 0 Å². The van der Waals surface area contributed by atoms with E-state index in [1.165, 1.54) is 0 Å². The molecule has 2 nitrogen and oxygen atoms in total. The third-order valence-electron chi connectivity index (χ3n) is 1.90. The lowest BCUT2D eigenvalue weighted by atomic mass is 10.2. The van der Waals surface area contributed by atoms with Crippen molar-refractivity contribution in [2.45, 2.75) is 32.0 Å². The van der Waals surface area contributed by atoms with E-state index >= 15 is 0 Å². The van der Waals surface area contributed by atoms with E-state index in [0.717, 1.165) is 12.7 Å². The first kappa shape index (κ1) is 12.3. The maximum atomic E-state index is 10.0. The van der Waals surface area contributed by atoms with E-state index in [4.69, 9.17) is 4.74 Å². The Kier molecular flexibility index (Phi) is 5.78. The molecule has 0 N–H and O–H groups in total. The first-order chi connectivity index (χ1) is 7.88. The Hall–Kier alpha value is -1.77. The summed E-state index contributed by atoms with van der Waals surface area (Å²) < 4.78 is 5.27. The fourth-order valence-corrected chi connectivity index (χ4v) is 1.05. The molecule has 0 unspecified atom stereocenters. The van der Waals surface area contributed by atoms with Gasteiger partial charge in [0.15, 0.2) is 0 Å². The second kappa shape index (κ2) is 7.51. The Balaban J connectivity index is 2.22. The summed E-state index contributed by atoms with van der Waals surface area (Å²) in [4.78, 5) is 10.0. The van der Waals surface area contributed by atoms with Crippen LogP contribution in [0, 0.1) is 23.7 Å². The minimum Gasteiger partial charge on any atom is -0.351 e. The van der Waals surface area contributed by atoms with E-state index < -0.39 is 0 Å². The van der Waals surface area contributed by atoms with E-state index in [9.17, 15) is 4.79 Å². The van der Waals surface area contributed by atoms with Crippen LogP contribution >= 0.6 is 0 Å². The molecule has 0 bridgehead atoms. The van der Waals surface area contributed by atoms with Crippen molar-refractivity contribution in [1.29, 1.82) is 0 Å². The number of epoxide rings is 1. The highest BCUT2D eigenvalue weighted by Crippen LogP contribution is 2.22. The first-order valence-corrected chi connectivity index (χ1v) is 5.26. The van der Waals surface area contributed by atoms with Gasteiger partial charge in [0, 0.05) is 6.42 Å². The molecule has 0 aromatic carbocycles. The zero-order valence-corrected chi connectivity index (χ0v) is 9.27. The number of carbonyl (C=O) groups excluding carboxylic acids is 1. The fourth-order valence-electron chi connectivity index (χ4n) is 1.05. The van der Waals surface area contributed by atoms with E-state index in [1.54, 1.807) is 6.08 Å². The van der Waals surface area contributed by atoms with Gasteiger partial charge >= 0.3 is 0 Å². The highest BCUT2D eigenvalue weighted by atomic mass is 16.6. The summed E-state index contributed by atoms with van der Waals surface area (Å²) in [5.74, 6) is 11.1. The highest BCUT2D eigenvalue weighted by Gasteiger charge is 2.34. The molecule has 0 spiro atoms. The lowest BCUT2D eigenvalue weighted by molar-refractivity contribution is -0.107. The van der Waals surface area contributed by atoms with Crippen molar-refractivity contribution < 1.29 is 9.53 Å². The van der Waals surface area contributed by atoms with E-state index in [0.29, 0.717) is 6.42 Å². The lowest BCUT2D eigenvalue weighted by Gasteiger charge is -1.80. The number of ether oxygens (including phenoxy) is 1. The Morgan fingerprint density at radius 1 is 1.31 bits per heavy atom. The van der Waals surface area contributed by atoms with Crippen LogP contribution in [0.2, 0.25) is 0 Å². The quantitative estimate of drug-likeness (QED) is 0.235. The lowest BCUT2D eigenvalue weighted by Crippen LogP contribution is -1.84.